The molecule has 0 aromatic heterocycles. The van der Waals surface area contributed by atoms with Gasteiger partial charge in [0.05, 0.1) is 18.3 Å². The molecule has 3 aromatic rings. The van der Waals surface area contributed by atoms with Gasteiger partial charge >= 0.3 is 0 Å². The Labute approximate surface area is 199 Å². The minimum atomic E-state index is -0.211. The van der Waals surface area contributed by atoms with E-state index in [-0.39, 0.29) is 23.1 Å². The second kappa shape index (κ2) is 10.6. The third kappa shape index (κ3) is 5.22. The average Bonchev–Trinajstić information content (AvgIpc) is 3.22. The Balaban J connectivity index is 1.53. The van der Waals surface area contributed by atoms with Crippen LogP contribution < -0.4 is 15.0 Å². The van der Waals surface area contributed by atoms with Crippen molar-refractivity contribution in [1.82, 2.24) is 0 Å². The van der Waals surface area contributed by atoms with Crippen molar-refractivity contribution >= 4 is 35.0 Å². The first-order chi connectivity index (χ1) is 16.1. The van der Waals surface area contributed by atoms with Gasteiger partial charge in [-0.25, -0.2) is 0 Å². The minimum absolute atomic E-state index is 0.0284. The monoisotopic (exact) mass is 460 g/mol. The molecule has 1 fully saturated rings. The van der Waals surface area contributed by atoms with E-state index < -0.39 is 0 Å². The first-order valence-corrected chi connectivity index (χ1v) is 12.3. The van der Waals surface area contributed by atoms with Crippen molar-refractivity contribution in [1.29, 1.82) is 0 Å². The summed E-state index contributed by atoms with van der Waals surface area (Å²) in [5, 5.41) is 2.92. The molecule has 0 spiro atoms. The number of rotatable bonds is 8. The summed E-state index contributed by atoms with van der Waals surface area (Å²) in [6.07, 6.45) is 0.716. The maximum absolute atomic E-state index is 13.0. The molecule has 2 amide bonds. The van der Waals surface area contributed by atoms with Crippen molar-refractivity contribution in [2.24, 2.45) is 0 Å². The summed E-state index contributed by atoms with van der Waals surface area (Å²) in [5.41, 5.74) is 3.55. The summed E-state index contributed by atoms with van der Waals surface area (Å²) in [6, 6.07) is 25.2. The second-order valence-corrected chi connectivity index (χ2v) is 8.91. The molecule has 33 heavy (non-hydrogen) atoms. The van der Waals surface area contributed by atoms with Crippen LogP contribution in [0.2, 0.25) is 0 Å². The number of hydrogen-bond donors (Lipinski definition) is 1. The number of nitrogens with zero attached hydrogens (tertiary/aromatic N) is 1. The number of carbonyl (C=O) groups is 2. The largest absolute Gasteiger partial charge is 0.494 e. The molecule has 0 aliphatic carbocycles. The predicted molar refractivity (Wildman–Crippen MR) is 135 cm³/mol. The van der Waals surface area contributed by atoms with E-state index in [4.69, 9.17) is 4.74 Å². The van der Waals surface area contributed by atoms with Crippen LogP contribution in [-0.4, -0.2) is 24.2 Å². The highest BCUT2D eigenvalue weighted by Gasteiger charge is 2.34. The molecule has 6 heteroatoms. The summed E-state index contributed by atoms with van der Waals surface area (Å²) in [7, 11) is 0. The average molecular weight is 461 g/mol. The quantitative estimate of drug-likeness (QED) is 0.448. The van der Waals surface area contributed by atoms with Crippen LogP contribution in [0.25, 0.3) is 0 Å². The van der Waals surface area contributed by atoms with Crippen molar-refractivity contribution in [3.05, 3.63) is 90.0 Å². The summed E-state index contributed by atoms with van der Waals surface area (Å²) in [4.78, 5) is 27.5. The van der Waals surface area contributed by atoms with Crippen LogP contribution in [0.1, 0.15) is 42.7 Å². The van der Waals surface area contributed by atoms with Gasteiger partial charge in [-0.2, -0.15) is 0 Å². The Hall–Kier alpha value is -3.25. The first kappa shape index (κ1) is 22.9. The molecule has 0 saturated carbocycles. The van der Waals surface area contributed by atoms with E-state index in [1.807, 2.05) is 97.6 Å². The smallest absolute Gasteiger partial charge is 0.238 e. The Morgan fingerprint density at radius 1 is 1.06 bits per heavy atom. The lowest BCUT2D eigenvalue weighted by Crippen LogP contribution is -2.27. The normalized spacial score (nSPS) is 16.5. The summed E-state index contributed by atoms with van der Waals surface area (Å²) >= 11 is 1.59. The van der Waals surface area contributed by atoms with Crippen LogP contribution >= 0.6 is 11.8 Å². The summed E-state index contributed by atoms with van der Waals surface area (Å²) in [6.45, 7) is 4.56. The molecule has 1 aliphatic heterocycles. The lowest BCUT2D eigenvalue weighted by atomic mass is 9.95. The fraction of sp³-hybridized carbons (Fsp3) is 0.259. The van der Waals surface area contributed by atoms with Gasteiger partial charge < -0.3 is 10.1 Å². The second-order valence-electron chi connectivity index (χ2n) is 7.84. The van der Waals surface area contributed by atoms with Gasteiger partial charge in [-0.15, -0.1) is 11.8 Å². The predicted octanol–water partition coefficient (Wildman–Crippen LogP) is 6.00. The van der Waals surface area contributed by atoms with E-state index in [2.05, 4.69) is 5.32 Å². The Kier molecular flexibility index (Phi) is 7.35. The molecule has 1 saturated heterocycles. The molecule has 170 valence electrons. The number of thioether (sulfide) groups is 1. The van der Waals surface area contributed by atoms with Crippen molar-refractivity contribution in [3.63, 3.8) is 0 Å². The molecule has 4 rings (SSSR count). The number of hydrogen-bond acceptors (Lipinski definition) is 4. The SMILES string of the molecule is CCOc1ccc(N2C(=O)CS[C@H]2c2cccc(NC(=O)[C@@H](CC)c3ccccc3)c2)cc1. The van der Waals surface area contributed by atoms with Gasteiger partial charge in [-0.3, -0.25) is 14.5 Å². The molecule has 1 N–H and O–H groups in total. The standard InChI is InChI=1S/C27H28N2O3S/c1-3-24(19-9-6-5-7-10-19)26(31)28-21-12-8-11-20(17-21)27-29(25(30)18-33-27)22-13-15-23(16-14-22)32-4-2/h5-17,24,27H,3-4,18H2,1-2H3,(H,28,31)/t24-,27-/m0/s1. The zero-order chi connectivity index (χ0) is 23.2. The number of anilines is 2. The number of ether oxygens (including phenoxy) is 1. The molecule has 0 unspecified atom stereocenters. The van der Waals surface area contributed by atoms with Crippen LogP contribution in [0.15, 0.2) is 78.9 Å². The highest BCUT2D eigenvalue weighted by Crippen LogP contribution is 2.42. The lowest BCUT2D eigenvalue weighted by molar-refractivity contribution is -0.118. The Morgan fingerprint density at radius 3 is 2.52 bits per heavy atom. The molecular weight excluding hydrogens is 432 g/mol. The fourth-order valence-corrected chi connectivity index (χ4v) is 5.24. The maximum Gasteiger partial charge on any atom is 0.238 e. The highest BCUT2D eigenvalue weighted by atomic mass is 32.2. The van der Waals surface area contributed by atoms with E-state index in [1.54, 1.807) is 11.8 Å². The van der Waals surface area contributed by atoms with Crippen molar-refractivity contribution in [2.75, 3.05) is 22.6 Å². The molecule has 5 nitrogen and oxygen atoms in total. The third-order valence-electron chi connectivity index (χ3n) is 5.66. The molecule has 1 heterocycles. The molecule has 1 aliphatic rings. The van der Waals surface area contributed by atoms with Crippen LogP contribution in [0, 0.1) is 0 Å². The van der Waals surface area contributed by atoms with E-state index in [0.717, 1.165) is 28.3 Å². The van der Waals surface area contributed by atoms with Gasteiger partial charge in [-0.05, 0) is 60.9 Å². The fourth-order valence-electron chi connectivity index (χ4n) is 4.08. The molecule has 3 aromatic carbocycles. The van der Waals surface area contributed by atoms with Crippen molar-refractivity contribution in [2.45, 2.75) is 31.6 Å². The van der Waals surface area contributed by atoms with Gasteiger partial charge in [0.2, 0.25) is 11.8 Å². The lowest BCUT2D eigenvalue weighted by Gasteiger charge is -2.25. The Morgan fingerprint density at radius 2 is 1.82 bits per heavy atom. The summed E-state index contributed by atoms with van der Waals surface area (Å²) in [5.74, 6) is 1.03. The van der Waals surface area contributed by atoms with Crippen molar-refractivity contribution in [3.8, 4) is 5.75 Å². The maximum atomic E-state index is 13.0. The highest BCUT2D eigenvalue weighted by molar-refractivity contribution is 8.00. The molecular formula is C27H28N2O3S. The van der Waals surface area contributed by atoms with Crippen LogP contribution in [0.4, 0.5) is 11.4 Å². The van der Waals surface area contributed by atoms with E-state index in [0.29, 0.717) is 18.8 Å². The van der Waals surface area contributed by atoms with Crippen LogP contribution in [0.3, 0.4) is 0 Å². The van der Waals surface area contributed by atoms with Gasteiger partial charge in [0.1, 0.15) is 11.1 Å². The van der Waals surface area contributed by atoms with E-state index >= 15 is 0 Å². The molecule has 0 radical (unpaired) electrons. The molecule has 0 bridgehead atoms. The minimum Gasteiger partial charge on any atom is -0.494 e. The van der Waals surface area contributed by atoms with Crippen LogP contribution in [0.5, 0.6) is 5.75 Å². The zero-order valence-electron chi connectivity index (χ0n) is 18.9. The van der Waals surface area contributed by atoms with Gasteiger partial charge in [-0.1, -0.05) is 49.4 Å². The number of nitrogens with one attached hydrogen (secondary N) is 1. The topological polar surface area (TPSA) is 58.6 Å². The van der Waals surface area contributed by atoms with Crippen molar-refractivity contribution < 1.29 is 14.3 Å². The number of benzene rings is 3. The summed E-state index contributed by atoms with van der Waals surface area (Å²) < 4.78 is 5.53. The van der Waals surface area contributed by atoms with Gasteiger partial charge in [0, 0.05) is 11.4 Å². The van der Waals surface area contributed by atoms with E-state index in [9.17, 15) is 9.59 Å². The van der Waals surface area contributed by atoms with E-state index in [1.165, 1.54) is 0 Å². The zero-order valence-corrected chi connectivity index (χ0v) is 19.7. The van der Waals surface area contributed by atoms with Gasteiger partial charge in [0.25, 0.3) is 0 Å². The third-order valence-corrected chi connectivity index (χ3v) is 6.87. The van der Waals surface area contributed by atoms with Crippen LogP contribution in [-0.2, 0) is 9.59 Å². The van der Waals surface area contributed by atoms with Gasteiger partial charge in [0.15, 0.2) is 0 Å². The number of carbonyl (C=O) groups excluding carboxylic acids is 2. The molecule has 2 atom stereocenters. The Bertz CT molecular complexity index is 1100. The number of amides is 2. The first-order valence-electron chi connectivity index (χ1n) is 11.2.